The summed E-state index contributed by atoms with van der Waals surface area (Å²) in [5.41, 5.74) is 2.42. The van der Waals surface area contributed by atoms with Gasteiger partial charge in [-0.3, -0.25) is 4.79 Å². The zero-order chi connectivity index (χ0) is 16.5. The maximum atomic E-state index is 12.0. The van der Waals surface area contributed by atoms with Crippen molar-refractivity contribution in [2.45, 2.75) is 39.2 Å². The van der Waals surface area contributed by atoms with Crippen LogP contribution in [-0.2, 0) is 11.2 Å². The molecule has 0 radical (unpaired) electrons. The molecule has 1 atom stereocenters. The van der Waals surface area contributed by atoms with Gasteiger partial charge >= 0.3 is 0 Å². The fourth-order valence-electron chi connectivity index (χ4n) is 2.38. The first-order valence-electron chi connectivity index (χ1n) is 8.25. The van der Waals surface area contributed by atoms with E-state index in [1.807, 2.05) is 49.4 Å². The molecule has 0 fully saturated rings. The quantitative estimate of drug-likeness (QED) is 0.739. The molecule has 0 heterocycles. The topological polar surface area (TPSA) is 38.3 Å². The highest BCUT2D eigenvalue weighted by molar-refractivity contribution is 5.76. The number of benzene rings is 2. The second-order valence-electron chi connectivity index (χ2n) is 5.65. The number of aryl methyl sites for hydroxylation is 1. The Morgan fingerprint density at radius 3 is 2.43 bits per heavy atom. The van der Waals surface area contributed by atoms with E-state index in [4.69, 9.17) is 4.74 Å². The molecule has 1 amide bonds. The lowest BCUT2D eigenvalue weighted by molar-refractivity contribution is -0.121. The Labute approximate surface area is 138 Å². The van der Waals surface area contributed by atoms with E-state index >= 15 is 0 Å². The largest absolute Gasteiger partial charge is 0.494 e. The SMILES string of the molecule is CCc1ccc(OCCCC(=O)NC(C)c2ccccc2)cc1. The molecule has 1 unspecified atom stereocenters. The second-order valence-corrected chi connectivity index (χ2v) is 5.65. The van der Waals surface area contributed by atoms with Crippen molar-refractivity contribution in [2.24, 2.45) is 0 Å². The molecule has 2 rings (SSSR count). The summed E-state index contributed by atoms with van der Waals surface area (Å²) in [6.45, 7) is 4.68. The molecule has 0 aliphatic carbocycles. The third-order valence-electron chi connectivity index (χ3n) is 3.83. The van der Waals surface area contributed by atoms with E-state index in [9.17, 15) is 4.79 Å². The normalized spacial score (nSPS) is 11.7. The molecule has 122 valence electrons. The Kier molecular flexibility index (Phi) is 6.67. The highest BCUT2D eigenvalue weighted by atomic mass is 16.5. The lowest BCUT2D eigenvalue weighted by Gasteiger charge is -2.14. The van der Waals surface area contributed by atoms with Crippen molar-refractivity contribution in [3.8, 4) is 5.75 Å². The van der Waals surface area contributed by atoms with Gasteiger partial charge in [-0.1, -0.05) is 49.4 Å². The Balaban J connectivity index is 1.66. The molecule has 1 N–H and O–H groups in total. The van der Waals surface area contributed by atoms with Crippen LogP contribution in [0.1, 0.15) is 43.9 Å². The first-order chi connectivity index (χ1) is 11.2. The molecular weight excluding hydrogens is 286 g/mol. The van der Waals surface area contributed by atoms with Crippen molar-refractivity contribution in [1.82, 2.24) is 5.32 Å². The Bertz CT molecular complexity index is 593. The molecule has 0 aliphatic heterocycles. The van der Waals surface area contributed by atoms with Crippen LogP contribution >= 0.6 is 0 Å². The zero-order valence-corrected chi connectivity index (χ0v) is 13.9. The molecule has 2 aromatic rings. The molecular formula is C20H25NO2. The minimum absolute atomic E-state index is 0.0335. The van der Waals surface area contributed by atoms with Crippen LogP contribution < -0.4 is 10.1 Å². The summed E-state index contributed by atoms with van der Waals surface area (Å²) in [7, 11) is 0. The first-order valence-corrected chi connectivity index (χ1v) is 8.25. The Hall–Kier alpha value is -2.29. The number of ether oxygens (including phenoxy) is 1. The van der Waals surface area contributed by atoms with Crippen molar-refractivity contribution in [1.29, 1.82) is 0 Å². The van der Waals surface area contributed by atoms with Crippen LogP contribution in [0.3, 0.4) is 0 Å². The number of amides is 1. The number of hydrogen-bond acceptors (Lipinski definition) is 2. The van der Waals surface area contributed by atoms with Gasteiger partial charge in [-0.05, 0) is 43.0 Å². The monoisotopic (exact) mass is 311 g/mol. The van der Waals surface area contributed by atoms with Gasteiger partial charge < -0.3 is 10.1 Å². The van der Waals surface area contributed by atoms with E-state index in [1.54, 1.807) is 0 Å². The van der Waals surface area contributed by atoms with Crippen LogP contribution in [0.5, 0.6) is 5.75 Å². The van der Waals surface area contributed by atoms with E-state index < -0.39 is 0 Å². The van der Waals surface area contributed by atoms with E-state index in [1.165, 1.54) is 5.56 Å². The highest BCUT2D eigenvalue weighted by Gasteiger charge is 2.08. The van der Waals surface area contributed by atoms with E-state index in [-0.39, 0.29) is 11.9 Å². The van der Waals surface area contributed by atoms with Crippen LogP contribution in [0.4, 0.5) is 0 Å². The summed E-state index contributed by atoms with van der Waals surface area (Å²) in [4.78, 5) is 12.0. The van der Waals surface area contributed by atoms with Crippen molar-refractivity contribution in [3.63, 3.8) is 0 Å². The molecule has 0 bridgehead atoms. The third kappa shape index (κ3) is 5.78. The van der Waals surface area contributed by atoms with Crippen molar-refractivity contribution >= 4 is 5.91 Å². The third-order valence-corrected chi connectivity index (χ3v) is 3.83. The first kappa shape index (κ1) is 17.1. The van der Waals surface area contributed by atoms with Crippen LogP contribution in [0.25, 0.3) is 0 Å². The van der Waals surface area contributed by atoms with E-state index in [0.717, 1.165) is 17.7 Å². The van der Waals surface area contributed by atoms with Gasteiger partial charge in [0, 0.05) is 6.42 Å². The predicted molar refractivity (Wildman–Crippen MR) is 93.5 cm³/mol. The molecule has 0 saturated heterocycles. The fourth-order valence-corrected chi connectivity index (χ4v) is 2.38. The van der Waals surface area contributed by atoms with Gasteiger partial charge in [0.05, 0.1) is 12.6 Å². The van der Waals surface area contributed by atoms with Gasteiger partial charge in [0.2, 0.25) is 5.91 Å². The minimum Gasteiger partial charge on any atom is -0.494 e. The van der Waals surface area contributed by atoms with Crippen LogP contribution in [0.15, 0.2) is 54.6 Å². The van der Waals surface area contributed by atoms with Gasteiger partial charge in [0.1, 0.15) is 5.75 Å². The van der Waals surface area contributed by atoms with Gasteiger partial charge in [-0.15, -0.1) is 0 Å². The standard InChI is InChI=1S/C20H25NO2/c1-3-17-11-13-19(14-12-17)23-15-7-10-20(22)21-16(2)18-8-5-4-6-9-18/h4-6,8-9,11-14,16H,3,7,10,15H2,1-2H3,(H,21,22). The average Bonchev–Trinajstić information content (AvgIpc) is 2.60. The summed E-state index contributed by atoms with van der Waals surface area (Å²) < 4.78 is 5.67. The maximum absolute atomic E-state index is 12.0. The molecule has 3 heteroatoms. The number of rotatable bonds is 8. The van der Waals surface area contributed by atoms with Gasteiger partial charge in [-0.25, -0.2) is 0 Å². The number of carbonyl (C=O) groups is 1. The summed E-state index contributed by atoms with van der Waals surface area (Å²) in [5, 5.41) is 3.02. The van der Waals surface area contributed by atoms with Gasteiger partial charge in [0.25, 0.3) is 0 Å². The van der Waals surface area contributed by atoms with E-state index in [0.29, 0.717) is 19.4 Å². The van der Waals surface area contributed by atoms with Crippen molar-refractivity contribution in [3.05, 3.63) is 65.7 Å². The summed E-state index contributed by atoms with van der Waals surface area (Å²) >= 11 is 0. The molecule has 0 saturated carbocycles. The van der Waals surface area contributed by atoms with Crippen LogP contribution in [-0.4, -0.2) is 12.5 Å². The minimum atomic E-state index is 0.0335. The number of hydrogen-bond donors (Lipinski definition) is 1. The summed E-state index contributed by atoms with van der Waals surface area (Å²) in [6, 6.07) is 18.1. The molecule has 23 heavy (non-hydrogen) atoms. The smallest absolute Gasteiger partial charge is 0.220 e. The van der Waals surface area contributed by atoms with Crippen molar-refractivity contribution < 1.29 is 9.53 Å². The van der Waals surface area contributed by atoms with E-state index in [2.05, 4.69) is 24.4 Å². The Morgan fingerprint density at radius 2 is 1.78 bits per heavy atom. The summed E-state index contributed by atoms with van der Waals surface area (Å²) in [6.07, 6.45) is 2.22. The van der Waals surface area contributed by atoms with Crippen LogP contribution in [0, 0.1) is 0 Å². The second kappa shape index (κ2) is 8.99. The lowest BCUT2D eigenvalue weighted by Crippen LogP contribution is -2.26. The number of carbonyl (C=O) groups excluding carboxylic acids is 1. The van der Waals surface area contributed by atoms with Gasteiger partial charge in [0.15, 0.2) is 0 Å². The average molecular weight is 311 g/mol. The molecule has 0 aliphatic rings. The zero-order valence-electron chi connectivity index (χ0n) is 13.9. The van der Waals surface area contributed by atoms with Gasteiger partial charge in [-0.2, -0.15) is 0 Å². The van der Waals surface area contributed by atoms with Crippen molar-refractivity contribution in [2.75, 3.05) is 6.61 Å². The maximum Gasteiger partial charge on any atom is 0.220 e. The molecule has 0 spiro atoms. The Morgan fingerprint density at radius 1 is 1.09 bits per heavy atom. The molecule has 0 aromatic heterocycles. The molecule has 2 aromatic carbocycles. The predicted octanol–water partition coefficient (Wildman–Crippen LogP) is 4.29. The molecule has 3 nitrogen and oxygen atoms in total. The number of nitrogens with one attached hydrogen (secondary N) is 1. The summed E-state index contributed by atoms with van der Waals surface area (Å²) in [5.74, 6) is 0.923. The highest BCUT2D eigenvalue weighted by Crippen LogP contribution is 2.14. The fraction of sp³-hybridized carbons (Fsp3) is 0.350. The lowest BCUT2D eigenvalue weighted by atomic mass is 10.1. The van der Waals surface area contributed by atoms with Crippen LogP contribution in [0.2, 0.25) is 0 Å².